The lowest BCUT2D eigenvalue weighted by Crippen LogP contribution is -2.36. The standard InChI is InChI=1S/C6H9F3O2/c1-3-6(9,5(7)8)11-4(2)10/h5H,3H2,1-2H3. The SMILES string of the molecule is CCC(F)(OC(C)=O)C(F)F. The molecule has 0 aromatic carbocycles. The molecular weight excluding hydrogens is 161 g/mol. The fourth-order valence-corrected chi connectivity index (χ4v) is 0.510. The molecule has 0 heterocycles. The summed E-state index contributed by atoms with van der Waals surface area (Å²) in [5.74, 6) is -4.17. The van der Waals surface area contributed by atoms with Gasteiger partial charge in [0.05, 0.1) is 0 Å². The van der Waals surface area contributed by atoms with E-state index in [-0.39, 0.29) is 0 Å². The monoisotopic (exact) mass is 170 g/mol. The van der Waals surface area contributed by atoms with Crippen molar-refractivity contribution in [2.75, 3.05) is 0 Å². The van der Waals surface area contributed by atoms with Gasteiger partial charge in [-0.25, -0.2) is 8.78 Å². The van der Waals surface area contributed by atoms with Gasteiger partial charge in [-0.1, -0.05) is 6.92 Å². The fourth-order valence-electron chi connectivity index (χ4n) is 0.510. The molecule has 5 heteroatoms. The van der Waals surface area contributed by atoms with Crippen LogP contribution in [-0.4, -0.2) is 18.2 Å². The van der Waals surface area contributed by atoms with Gasteiger partial charge in [0, 0.05) is 13.3 Å². The highest BCUT2D eigenvalue weighted by atomic mass is 19.3. The Labute approximate surface area is 62.3 Å². The number of rotatable bonds is 3. The van der Waals surface area contributed by atoms with Gasteiger partial charge in [-0.15, -0.1) is 0 Å². The van der Waals surface area contributed by atoms with Gasteiger partial charge < -0.3 is 4.74 Å². The third-order valence-electron chi connectivity index (χ3n) is 1.12. The van der Waals surface area contributed by atoms with Crippen LogP contribution in [0.2, 0.25) is 0 Å². The number of alkyl halides is 3. The van der Waals surface area contributed by atoms with E-state index in [2.05, 4.69) is 4.74 Å². The van der Waals surface area contributed by atoms with Crippen molar-refractivity contribution in [1.29, 1.82) is 0 Å². The predicted octanol–water partition coefficient (Wildman–Crippen LogP) is 1.89. The molecule has 0 N–H and O–H groups in total. The van der Waals surface area contributed by atoms with E-state index >= 15 is 0 Å². The van der Waals surface area contributed by atoms with Crippen LogP contribution in [0, 0.1) is 0 Å². The van der Waals surface area contributed by atoms with Gasteiger partial charge in [-0.05, 0) is 0 Å². The topological polar surface area (TPSA) is 26.3 Å². The molecule has 11 heavy (non-hydrogen) atoms. The normalized spacial score (nSPS) is 16.2. The molecule has 0 aromatic heterocycles. The van der Waals surface area contributed by atoms with Crippen LogP contribution in [0.15, 0.2) is 0 Å². The third-order valence-corrected chi connectivity index (χ3v) is 1.12. The number of halogens is 3. The molecule has 0 saturated heterocycles. The van der Waals surface area contributed by atoms with Crippen LogP contribution < -0.4 is 0 Å². The van der Waals surface area contributed by atoms with Gasteiger partial charge in [-0.2, -0.15) is 4.39 Å². The quantitative estimate of drug-likeness (QED) is 0.604. The van der Waals surface area contributed by atoms with E-state index in [1.165, 1.54) is 6.92 Å². The summed E-state index contributed by atoms with van der Waals surface area (Å²) < 4.78 is 40.1. The van der Waals surface area contributed by atoms with E-state index in [9.17, 15) is 18.0 Å². The van der Waals surface area contributed by atoms with Gasteiger partial charge in [0.15, 0.2) is 0 Å². The molecule has 1 atom stereocenters. The highest BCUT2D eigenvalue weighted by Gasteiger charge is 2.41. The van der Waals surface area contributed by atoms with Gasteiger partial charge in [0.1, 0.15) is 0 Å². The van der Waals surface area contributed by atoms with Crippen molar-refractivity contribution < 1.29 is 22.7 Å². The van der Waals surface area contributed by atoms with Crippen molar-refractivity contribution >= 4 is 5.97 Å². The maximum absolute atomic E-state index is 12.7. The smallest absolute Gasteiger partial charge is 0.310 e. The predicted molar refractivity (Wildman–Crippen MR) is 31.9 cm³/mol. The molecule has 66 valence electrons. The van der Waals surface area contributed by atoms with E-state index in [1.807, 2.05) is 0 Å². The zero-order chi connectivity index (χ0) is 9.07. The Hall–Kier alpha value is -0.740. The number of esters is 1. The number of hydrogen-bond acceptors (Lipinski definition) is 2. The first-order valence-corrected chi connectivity index (χ1v) is 3.09. The second kappa shape index (κ2) is 3.59. The van der Waals surface area contributed by atoms with Gasteiger partial charge in [-0.3, -0.25) is 4.79 Å². The molecule has 0 aromatic rings. The average Bonchev–Trinajstić information content (AvgIpc) is 1.86. The lowest BCUT2D eigenvalue weighted by atomic mass is 10.2. The first kappa shape index (κ1) is 10.3. The summed E-state index contributed by atoms with van der Waals surface area (Å²) >= 11 is 0. The van der Waals surface area contributed by atoms with E-state index in [0.29, 0.717) is 0 Å². The molecule has 0 aliphatic carbocycles. The molecular formula is C6H9F3O2. The minimum atomic E-state index is -3.30. The summed E-state index contributed by atoms with van der Waals surface area (Å²) in [4.78, 5) is 10.1. The maximum Gasteiger partial charge on any atom is 0.310 e. The number of ether oxygens (including phenoxy) is 1. The second-order valence-electron chi connectivity index (χ2n) is 2.03. The van der Waals surface area contributed by atoms with E-state index in [0.717, 1.165) is 6.92 Å². The lowest BCUT2D eigenvalue weighted by molar-refractivity contribution is -0.220. The van der Waals surface area contributed by atoms with Crippen LogP contribution in [0.3, 0.4) is 0 Å². The summed E-state index contributed by atoms with van der Waals surface area (Å²) in [5.41, 5.74) is 0. The molecule has 0 radical (unpaired) electrons. The molecule has 0 spiro atoms. The molecule has 0 saturated carbocycles. The van der Waals surface area contributed by atoms with Crippen LogP contribution in [-0.2, 0) is 9.53 Å². The molecule has 0 rings (SSSR count). The number of carbonyl (C=O) groups excluding carboxylic acids is 1. The molecule has 0 aliphatic heterocycles. The third kappa shape index (κ3) is 2.78. The van der Waals surface area contributed by atoms with Gasteiger partial charge in [0.25, 0.3) is 0 Å². The van der Waals surface area contributed by atoms with Crippen LogP contribution >= 0.6 is 0 Å². The molecule has 0 aliphatic rings. The largest absolute Gasteiger partial charge is 0.422 e. The van der Waals surface area contributed by atoms with Crippen molar-refractivity contribution in [3.05, 3.63) is 0 Å². The van der Waals surface area contributed by atoms with Crippen LogP contribution in [0.25, 0.3) is 0 Å². The Bertz CT molecular complexity index is 149. The first-order valence-electron chi connectivity index (χ1n) is 3.09. The molecule has 1 unspecified atom stereocenters. The average molecular weight is 170 g/mol. The Balaban J connectivity index is 4.22. The summed E-state index contributed by atoms with van der Waals surface area (Å²) in [6.45, 7) is 2.06. The van der Waals surface area contributed by atoms with E-state index < -0.39 is 24.7 Å². The Morgan fingerprint density at radius 2 is 2.09 bits per heavy atom. The minimum absolute atomic E-state index is 0.551. The van der Waals surface area contributed by atoms with Crippen LogP contribution in [0.1, 0.15) is 20.3 Å². The molecule has 2 nitrogen and oxygen atoms in total. The Morgan fingerprint density at radius 1 is 1.64 bits per heavy atom. The maximum atomic E-state index is 12.7. The Kier molecular flexibility index (Phi) is 3.35. The molecule has 0 bridgehead atoms. The summed E-state index contributed by atoms with van der Waals surface area (Å²) in [6.07, 6.45) is -3.85. The minimum Gasteiger partial charge on any atom is -0.422 e. The second-order valence-corrected chi connectivity index (χ2v) is 2.03. The highest BCUT2D eigenvalue weighted by molar-refractivity contribution is 5.66. The number of hydrogen-bond donors (Lipinski definition) is 0. The van der Waals surface area contributed by atoms with Crippen molar-refractivity contribution in [3.8, 4) is 0 Å². The van der Waals surface area contributed by atoms with Gasteiger partial charge in [0.2, 0.25) is 0 Å². The summed E-state index contributed by atoms with van der Waals surface area (Å²) in [6, 6.07) is 0. The van der Waals surface area contributed by atoms with Crippen LogP contribution in [0.4, 0.5) is 13.2 Å². The number of carbonyl (C=O) groups is 1. The molecule has 0 amide bonds. The van der Waals surface area contributed by atoms with Crippen LogP contribution in [0.5, 0.6) is 0 Å². The van der Waals surface area contributed by atoms with Crippen molar-refractivity contribution in [3.63, 3.8) is 0 Å². The van der Waals surface area contributed by atoms with Crippen molar-refractivity contribution in [1.82, 2.24) is 0 Å². The Morgan fingerprint density at radius 3 is 2.18 bits per heavy atom. The fraction of sp³-hybridized carbons (Fsp3) is 0.833. The van der Waals surface area contributed by atoms with Crippen molar-refractivity contribution in [2.24, 2.45) is 0 Å². The summed E-state index contributed by atoms with van der Waals surface area (Å²) in [5, 5.41) is 0. The lowest BCUT2D eigenvalue weighted by Gasteiger charge is -2.21. The van der Waals surface area contributed by atoms with Crippen molar-refractivity contribution in [2.45, 2.75) is 32.5 Å². The zero-order valence-electron chi connectivity index (χ0n) is 6.23. The first-order chi connectivity index (χ1) is 4.92. The van der Waals surface area contributed by atoms with E-state index in [1.54, 1.807) is 0 Å². The summed E-state index contributed by atoms with van der Waals surface area (Å²) in [7, 11) is 0. The van der Waals surface area contributed by atoms with E-state index in [4.69, 9.17) is 0 Å². The molecule has 0 fully saturated rings. The van der Waals surface area contributed by atoms with Gasteiger partial charge >= 0.3 is 18.2 Å². The zero-order valence-corrected chi connectivity index (χ0v) is 6.23. The highest BCUT2D eigenvalue weighted by Crippen LogP contribution is 2.26.